The van der Waals surface area contributed by atoms with Crippen LogP contribution < -0.4 is 0 Å². The van der Waals surface area contributed by atoms with E-state index in [1.807, 2.05) is 18.4 Å². The molecule has 10 heteroatoms. The summed E-state index contributed by atoms with van der Waals surface area (Å²) >= 11 is 13.4. The molecule has 0 saturated heterocycles. The van der Waals surface area contributed by atoms with E-state index < -0.39 is 4.92 Å². The van der Waals surface area contributed by atoms with E-state index in [-0.39, 0.29) is 23.1 Å². The van der Waals surface area contributed by atoms with Crippen LogP contribution in [0.15, 0.2) is 46.5 Å². The summed E-state index contributed by atoms with van der Waals surface area (Å²) in [4.78, 5) is 22.9. The number of carbonyl (C=O) groups excluding carboxylic acids is 1. The molecule has 3 rings (SSSR count). The lowest BCUT2D eigenvalue weighted by molar-refractivity contribution is -0.387. The van der Waals surface area contributed by atoms with Gasteiger partial charge in [0, 0.05) is 28.3 Å². The maximum Gasteiger partial charge on any atom is 0.284 e. The van der Waals surface area contributed by atoms with Gasteiger partial charge >= 0.3 is 0 Å². The molecule has 2 aromatic carbocycles. The largest absolute Gasteiger partial charge is 0.299 e. The molecule has 0 radical (unpaired) electrons. The third-order valence-electron chi connectivity index (χ3n) is 4.12. The fourth-order valence-electron chi connectivity index (χ4n) is 2.73. The number of aromatic nitrogens is 3. The molecule has 0 amide bonds. The summed E-state index contributed by atoms with van der Waals surface area (Å²) in [5.74, 6) is 0.293. The first-order valence-electron chi connectivity index (χ1n) is 8.56. The van der Waals surface area contributed by atoms with Gasteiger partial charge in [-0.3, -0.25) is 19.5 Å². The summed E-state index contributed by atoms with van der Waals surface area (Å²) in [6, 6.07) is 9.43. The van der Waals surface area contributed by atoms with Crippen LogP contribution in [0.2, 0.25) is 10.0 Å². The maximum absolute atomic E-state index is 11.6. The normalized spacial score (nSPS) is 11.1. The smallest absolute Gasteiger partial charge is 0.284 e. The molecule has 0 fully saturated rings. The molecule has 0 atom stereocenters. The van der Waals surface area contributed by atoms with E-state index in [1.165, 1.54) is 13.0 Å². The Morgan fingerprint density at radius 3 is 2.48 bits per heavy atom. The topological polar surface area (TPSA) is 90.9 Å². The van der Waals surface area contributed by atoms with Crippen molar-refractivity contribution in [3.8, 4) is 11.4 Å². The first kappa shape index (κ1) is 21.3. The fraction of sp³-hybridized carbons (Fsp3) is 0.211. The summed E-state index contributed by atoms with van der Waals surface area (Å²) in [7, 11) is 0. The van der Waals surface area contributed by atoms with Crippen molar-refractivity contribution in [1.29, 1.82) is 0 Å². The van der Waals surface area contributed by atoms with Crippen molar-refractivity contribution in [2.75, 3.05) is 0 Å². The van der Waals surface area contributed by atoms with Gasteiger partial charge in [-0.2, -0.15) is 0 Å². The number of nitrogens with zero attached hydrogens (tertiary/aromatic N) is 4. The first-order chi connectivity index (χ1) is 13.7. The molecule has 1 aromatic heterocycles. The van der Waals surface area contributed by atoms with Crippen LogP contribution in [0.25, 0.3) is 11.4 Å². The molecule has 0 aliphatic heterocycles. The molecule has 0 N–H and O–H groups in total. The third kappa shape index (κ3) is 4.44. The zero-order valence-corrected chi connectivity index (χ0v) is 18.0. The Hall–Kier alpha value is -2.42. The van der Waals surface area contributed by atoms with Crippen molar-refractivity contribution < 1.29 is 9.72 Å². The Morgan fingerprint density at radius 1 is 1.17 bits per heavy atom. The summed E-state index contributed by atoms with van der Waals surface area (Å²) in [6.07, 6.45) is 0. The molecular weight excluding hydrogens is 435 g/mol. The van der Waals surface area contributed by atoms with Crippen LogP contribution in [0.4, 0.5) is 5.69 Å². The van der Waals surface area contributed by atoms with E-state index in [4.69, 9.17) is 23.2 Å². The van der Waals surface area contributed by atoms with E-state index in [9.17, 15) is 14.9 Å². The minimum Gasteiger partial charge on any atom is -0.299 e. The lowest BCUT2D eigenvalue weighted by Gasteiger charge is -2.14. The quantitative estimate of drug-likeness (QED) is 0.256. The van der Waals surface area contributed by atoms with Crippen molar-refractivity contribution in [3.63, 3.8) is 0 Å². The molecule has 150 valence electrons. The molecule has 0 spiro atoms. The van der Waals surface area contributed by atoms with E-state index >= 15 is 0 Å². The summed E-state index contributed by atoms with van der Waals surface area (Å²) in [5.41, 5.74) is 0.776. The van der Waals surface area contributed by atoms with Gasteiger partial charge in [-0.05, 0) is 62.9 Å². The molecule has 0 saturated carbocycles. The zero-order valence-electron chi connectivity index (χ0n) is 15.7. The number of rotatable bonds is 6. The highest BCUT2D eigenvalue weighted by Gasteiger charge is 2.23. The lowest BCUT2D eigenvalue weighted by atomic mass is 10.1. The standard InChI is InChI=1S/C19H16Cl2N4O3S/c1-10(2)24-18(14-6-5-13(20)9-15(14)21)22-23-19(24)29-17-7-4-12(11(3)26)8-16(17)25(27)28/h4-10H,1-3H3. The van der Waals surface area contributed by atoms with E-state index in [0.29, 0.717) is 31.5 Å². The molecule has 0 aliphatic rings. The van der Waals surface area contributed by atoms with Crippen LogP contribution in [0, 0.1) is 10.1 Å². The molecule has 0 bridgehead atoms. The lowest BCUT2D eigenvalue weighted by Crippen LogP contribution is -2.05. The van der Waals surface area contributed by atoms with Crippen molar-refractivity contribution in [3.05, 3.63) is 62.1 Å². The molecule has 0 unspecified atom stereocenters. The Bertz CT molecular complexity index is 1110. The van der Waals surface area contributed by atoms with Gasteiger partial charge in [0.2, 0.25) is 0 Å². The van der Waals surface area contributed by atoms with Gasteiger partial charge < -0.3 is 0 Å². The highest BCUT2D eigenvalue weighted by Crippen LogP contribution is 2.38. The average Bonchev–Trinajstić information content (AvgIpc) is 3.05. The Balaban J connectivity index is 2.08. The van der Waals surface area contributed by atoms with E-state index in [1.54, 1.807) is 30.3 Å². The Kier molecular flexibility index (Phi) is 6.26. The molecule has 3 aromatic rings. The van der Waals surface area contributed by atoms with Crippen LogP contribution in [0.5, 0.6) is 0 Å². The van der Waals surface area contributed by atoms with Gasteiger partial charge in [0.1, 0.15) is 0 Å². The number of Topliss-reactive ketones (excluding diaryl/α,β-unsaturated/α-hetero) is 1. The minimum atomic E-state index is -0.512. The van der Waals surface area contributed by atoms with Crippen molar-refractivity contribution in [2.45, 2.75) is 36.9 Å². The maximum atomic E-state index is 11.6. The number of ketones is 1. The zero-order chi connectivity index (χ0) is 21.3. The van der Waals surface area contributed by atoms with Crippen molar-refractivity contribution >= 4 is 46.4 Å². The van der Waals surface area contributed by atoms with Gasteiger partial charge in [-0.1, -0.05) is 23.2 Å². The number of nitro benzene ring substituents is 1. The second-order valence-electron chi connectivity index (χ2n) is 6.49. The predicted molar refractivity (Wildman–Crippen MR) is 113 cm³/mol. The number of nitro groups is 1. The SMILES string of the molecule is CC(=O)c1ccc(Sc2nnc(-c3ccc(Cl)cc3Cl)n2C(C)C)c([N+](=O)[O-])c1. The monoisotopic (exact) mass is 450 g/mol. The number of hydrogen-bond acceptors (Lipinski definition) is 6. The van der Waals surface area contributed by atoms with Crippen LogP contribution >= 0.6 is 35.0 Å². The van der Waals surface area contributed by atoms with Crippen molar-refractivity contribution in [1.82, 2.24) is 14.8 Å². The first-order valence-corrected chi connectivity index (χ1v) is 10.1. The molecular formula is C19H16Cl2N4O3S. The van der Waals surface area contributed by atoms with Gasteiger partial charge in [0.15, 0.2) is 16.8 Å². The van der Waals surface area contributed by atoms with Crippen molar-refractivity contribution in [2.24, 2.45) is 0 Å². The molecule has 0 aliphatic carbocycles. The van der Waals surface area contributed by atoms with Crippen LogP contribution in [0.3, 0.4) is 0 Å². The summed E-state index contributed by atoms with van der Waals surface area (Å²) in [6.45, 7) is 5.27. The van der Waals surface area contributed by atoms with Crippen LogP contribution in [-0.2, 0) is 0 Å². The summed E-state index contributed by atoms with van der Waals surface area (Å²) in [5, 5.41) is 21.4. The van der Waals surface area contributed by atoms with Gasteiger partial charge in [0.05, 0.1) is 14.8 Å². The van der Waals surface area contributed by atoms with E-state index in [2.05, 4.69) is 10.2 Å². The van der Waals surface area contributed by atoms with Gasteiger partial charge in [-0.25, -0.2) is 0 Å². The van der Waals surface area contributed by atoms with E-state index in [0.717, 1.165) is 11.8 Å². The molecule has 7 nitrogen and oxygen atoms in total. The Morgan fingerprint density at radius 2 is 1.90 bits per heavy atom. The fourth-order valence-corrected chi connectivity index (χ4v) is 4.27. The Labute approximate surface area is 181 Å². The number of carbonyl (C=O) groups is 1. The number of halogens is 2. The second kappa shape index (κ2) is 8.52. The predicted octanol–water partition coefficient (Wildman–Crippen LogP) is 6.09. The summed E-state index contributed by atoms with van der Waals surface area (Å²) < 4.78 is 1.85. The third-order valence-corrected chi connectivity index (χ3v) is 5.69. The second-order valence-corrected chi connectivity index (χ2v) is 8.34. The van der Waals surface area contributed by atoms with Crippen LogP contribution in [0.1, 0.15) is 37.2 Å². The molecule has 29 heavy (non-hydrogen) atoms. The highest BCUT2D eigenvalue weighted by molar-refractivity contribution is 7.99. The minimum absolute atomic E-state index is 0.0372. The number of benzene rings is 2. The van der Waals surface area contributed by atoms with Gasteiger partial charge in [-0.15, -0.1) is 10.2 Å². The number of hydrogen-bond donors (Lipinski definition) is 0. The highest BCUT2D eigenvalue weighted by atomic mass is 35.5. The van der Waals surface area contributed by atoms with Gasteiger partial charge in [0.25, 0.3) is 5.69 Å². The van der Waals surface area contributed by atoms with Crippen LogP contribution in [-0.4, -0.2) is 25.5 Å². The average molecular weight is 451 g/mol. The molecule has 1 heterocycles.